The Morgan fingerprint density at radius 2 is 1.70 bits per heavy atom. The van der Waals surface area contributed by atoms with Crippen LogP contribution < -0.4 is 10.5 Å². The van der Waals surface area contributed by atoms with Crippen molar-refractivity contribution in [1.29, 1.82) is 0 Å². The fourth-order valence-electron chi connectivity index (χ4n) is 14.3. The van der Waals surface area contributed by atoms with Gasteiger partial charge in [0, 0.05) is 99.3 Å². The number of fused-ring (bicyclic) bond motifs is 9. The molecule has 7 aliphatic rings. The zero-order valence-electron chi connectivity index (χ0n) is 42.8. The number of Topliss-reactive ketones (excluding diaryl/α,β-unsaturated/α-hetero) is 1. The van der Waals surface area contributed by atoms with Crippen molar-refractivity contribution >= 4 is 40.1 Å². The Bertz CT molecular complexity index is 3040. The second kappa shape index (κ2) is 19.4. The molecular weight excluding hydrogens is 923 g/mol. The van der Waals surface area contributed by atoms with E-state index in [1.54, 1.807) is 36.6 Å². The molecule has 6 atom stereocenters. The van der Waals surface area contributed by atoms with Crippen LogP contribution in [-0.2, 0) is 53.9 Å². The third kappa shape index (κ3) is 8.64. The number of unbranched alkanes of at least 4 members (excludes halogenated alkanes) is 3. The van der Waals surface area contributed by atoms with Crippen molar-refractivity contribution in [3.8, 4) is 17.1 Å². The van der Waals surface area contributed by atoms with Crippen LogP contribution in [0, 0.1) is 17.8 Å². The molecule has 0 spiro atoms. The standard InChI is InChI=1S/C59H69N5O9/c1-5-58(71)49-31-52-55-39(32-64(52)56(69)48(49)34-72-57(58)70)29-46-47(53(68)19-18-51(46)60-55)33-63-26-24-62(25-27-63)23-9-7-6-8-22-61(4)40-13-10-37(11-14-40)45-30-50-43(20-21-59(50,35(2)65)73-36(3)66)44-16-12-38-28-41(67)15-17-42(38)54(44)45/h10-11,13-14,18-19,28-29,31,43-45,50,68,71H,5-9,12,15-17,20-27,30,32-34H2,1-4H3/t43-,44-,45+,50?,58-,59-/m0/s1. The predicted octanol–water partition coefficient (Wildman–Crippen LogP) is 8.00. The van der Waals surface area contributed by atoms with Crippen molar-refractivity contribution in [1.82, 2.24) is 19.4 Å². The van der Waals surface area contributed by atoms with E-state index in [4.69, 9.17) is 14.5 Å². The fourth-order valence-corrected chi connectivity index (χ4v) is 14.3. The number of hydrogen-bond donors (Lipinski definition) is 2. The lowest BCUT2D eigenvalue weighted by atomic mass is 9.56. The first-order chi connectivity index (χ1) is 35.2. The summed E-state index contributed by atoms with van der Waals surface area (Å²) in [6, 6.07) is 16.3. The first-order valence-electron chi connectivity index (χ1n) is 26.9. The van der Waals surface area contributed by atoms with E-state index in [0.29, 0.717) is 59.9 Å². The highest BCUT2D eigenvalue weighted by Gasteiger charge is 2.60. The Hall–Kier alpha value is -5.96. The molecule has 3 aliphatic heterocycles. The minimum atomic E-state index is -1.88. The van der Waals surface area contributed by atoms with Gasteiger partial charge >= 0.3 is 11.9 Å². The van der Waals surface area contributed by atoms with Crippen LogP contribution in [0.1, 0.15) is 132 Å². The predicted molar refractivity (Wildman–Crippen MR) is 277 cm³/mol. The number of phenolic OH excluding ortho intramolecular Hbond substituents is 1. The summed E-state index contributed by atoms with van der Waals surface area (Å²) in [5.41, 5.74) is 7.39. The molecule has 2 N–H and O–H groups in total. The number of rotatable bonds is 14. The smallest absolute Gasteiger partial charge is 0.343 e. The summed E-state index contributed by atoms with van der Waals surface area (Å²) in [5.74, 6) is -0.0655. The first-order valence-corrected chi connectivity index (χ1v) is 26.9. The van der Waals surface area contributed by atoms with Crippen LogP contribution in [0.2, 0.25) is 0 Å². The molecular formula is C59H69N5O9. The number of aliphatic hydroxyl groups is 1. The summed E-state index contributed by atoms with van der Waals surface area (Å²) in [5, 5.41) is 23.3. The molecule has 2 aromatic heterocycles. The molecule has 5 heterocycles. The van der Waals surface area contributed by atoms with E-state index in [1.807, 2.05) is 12.1 Å². The van der Waals surface area contributed by atoms with E-state index in [1.165, 1.54) is 34.9 Å². The van der Waals surface area contributed by atoms with Crippen LogP contribution in [0.15, 0.2) is 76.1 Å². The van der Waals surface area contributed by atoms with Crippen LogP contribution in [0.4, 0.5) is 5.69 Å². The topological polar surface area (TPSA) is 172 Å². The van der Waals surface area contributed by atoms with Crippen molar-refractivity contribution in [2.24, 2.45) is 17.8 Å². The van der Waals surface area contributed by atoms with Gasteiger partial charge in [-0.25, -0.2) is 9.78 Å². The molecule has 2 saturated carbocycles. The van der Waals surface area contributed by atoms with E-state index >= 15 is 0 Å². The molecule has 14 nitrogen and oxygen atoms in total. The second-order valence-electron chi connectivity index (χ2n) is 22.1. The number of anilines is 1. The van der Waals surface area contributed by atoms with Gasteiger partial charge in [-0.1, -0.05) is 37.5 Å². The van der Waals surface area contributed by atoms with Crippen LogP contribution in [0.3, 0.4) is 0 Å². The van der Waals surface area contributed by atoms with Gasteiger partial charge in [-0.15, -0.1) is 0 Å². The molecule has 0 bridgehead atoms. The maximum absolute atomic E-state index is 13.7. The van der Waals surface area contributed by atoms with Crippen LogP contribution in [-0.4, -0.2) is 105 Å². The number of piperazine rings is 1. The van der Waals surface area contributed by atoms with Gasteiger partial charge in [0.15, 0.2) is 22.8 Å². The molecule has 73 heavy (non-hydrogen) atoms. The highest BCUT2D eigenvalue weighted by molar-refractivity contribution is 5.93. The van der Waals surface area contributed by atoms with Crippen LogP contribution in [0.5, 0.6) is 5.75 Å². The number of hydrogen-bond acceptors (Lipinski definition) is 13. The second-order valence-corrected chi connectivity index (χ2v) is 22.1. The van der Waals surface area contributed by atoms with Crippen molar-refractivity contribution in [2.45, 2.75) is 135 Å². The number of carbonyl (C=O) groups excluding carboxylic acids is 4. The molecule has 2 aromatic carbocycles. The lowest BCUT2D eigenvalue weighted by Gasteiger charge is -2.49. The van der Waals surface area contributed by atoms with Gasteiger partial charge in [-0.3, -0.25) is 24.1 Å². The first kappa shape index (κ1) is 49.3. The summed E-state index contributed by atoms with van der Waals surface area (Å²) in [6.07, 6.45) is 11.9. The number of aromatic hydroxyl groups is 1. The molecule has 384 valence electrons. The Morgan fingerprint density at radius 3 is 2.45 bits per heavy atom. The quantitative estimate of drug-likeness (QED) is 0.0811. The zero-order valence-corrected chi connectivity index (χ0v) is 42.8. The number of aromatic nitrogens is 2. The highest BCUT2D eigenvalue weighted by Crippen LogP contribution is 2.62. The number of ketones is 2. The number of carbonyl (C=O) groups is 4. The maximum Gasteiger partial charge on any atom is 0.343 e. The van der Waals surface area contributed by atoms with E-state index in [-0.39, 0.29) is 59.6 Å². The normalized spacial score (nSPS) is 26.6. The number of pyridine rings is 2. The molecule has 14 heteroatoms. The third-order valence-corrected chi connectivity index (χ3v) is 18.2. The largest absolute Gasteiger partial charge is 0.508 e. The molecule has 3 fully saturated rings. The molecule has 1 saturated heterocycles. The Morgan fingerprint density at radius 1 is 0.932 bits per heavy atom. The van der Waals surface area contributed by atoms with Crippen molar-refractivity contribution in [3.05, 3.63) is 109 Å². The summed E-state index contributed by atoms with van der Waals surface area (Å²) in [7, 11) is 2.17. The van der Waals surface area contributed by atoms with Crippen molar-refractivity contribution in [3.63, 3.8) is 0 Å². The Balaban J connectivity index is 0.672. The number of phenols is 1. The molecule has 0 radical (unpaired) electrons. The Labute approximate surface area is 427 Å². The van der Waals surface area contributed by atoms with Crippen molar-refractivity contribution < 1.29 is 38.9 Å². The SMILES string of the molecule is CC[C@@]1(O)C(=O)OCc2c1cc1n(c2=O)Cc2cc3c(CN4CCN(CCCCCCN(C)c5ccc([C@H]6CC7[C@@H](CC[C@]7(OC(C)=O)C(C)=O)[C@@H]7CCC8=CC(=O)CCC8=C76)cc5)CC4)c(O)ccc3nc2-1. The van der Waals surface area contributed by atoms with E-state index in [9.17, 15) is 34.2 Å². The van der Waals surface area contributed by atoms with Gasteiger partial charge in [0.05, 0.1) is 29.0 Å². The summed E-state index contributed by atoms with van der Waals surface area (Å²) in [4.78, 5) is 77.0. The highest BCUT2D eigenvalue weighted by atomic mass is 16.6. The van der Waals surface area contributed by atoms with Crippen LogP contribution in [0.25, 0.3) is 22.3 Å². The van der Waals surface area contributed by atoms with Gasteiger partial charge < -0.3 is 34.1 Å². The molecule has 4 aromatic rings. The molecule has 4 aliphatic carbocycles. The van der Waals surface area contributed by atoms with Gasteiger partial charge in [-0.2, -0.15) is 0 Å². The number of esters is 2. The van der Waals surface area contributed by atoms with Gasteiger partial charge in [0.1, 0.15) is 12.4 Å². The summed E-state index contributed by atoms with van der Waals surface area (Å²) >= 11 is 0. The monoisotopic (exact) mass is 992 g/mol. The lowest BCUT2D eigenvalue weighted by Crippen LogP contribution is -2.50. The van der Waals surface area contributed by atoms with Gasteiger partial charge in [0.25, 0.3) is 5.56 Å². The number of cyclic esters (lactones) is 1. The van der Waals surface area contributed by atoms with E-state index < -0.39 is 17.2 Å². The fraction of sp³-hybridized carbons (Fsp3) is 0.525. The molecule has 0 amide bonds. The van der Waals surface area contributed by atoms with Gasteiger partial charge in [0.2, 0.25) is 0 Å². The lowest BCUT2D eigenvalue weighted by molar-refractivity contribution is -0.172. The molecule has 1 unspecified atom stereocenters. The van der Waals surface area contributed by atoms with E-state index in [2.05, 4.69) is 46.0 Å². The minimum absolute atomic E-state index is 0.0313. The van der Waals surface area contributed by atoms with Gasteiger partial charge in [-0.05, 0) is 142 Å². The van der Waals surface area contributed by atoms with E-state index in [0.717, 1.165) is 114 Å². The molecule has 11 rings (SSSR count). The summed E-state index contributed by atoms with van der Waals surface area (Å²) < 4.78 is 12.9. The number of benzene rings is 2. The number of ether oxygens (including phenoxy) is 2. The zero-order chi connectivity index (χ0) is 50.9. The average Bonchev–Trinajstić information content (AvgIpc) is 3.94. The number of allylic oxidation sites excluding steroid dienone is 4. The van der Waals surface area contributed by atoms with Crippen LogP contribution >= 0.6 is 0 Å². The van der Waals surface area contributed by atoms with Crippen molar-refractivity contribution in [2.75, 3.05) is 51.2 Å². The average molecular weight is 992 g/mol. The maximum atomic E-state index is 13.7. The Kier molecular flexibility index (Phi) is 13.1. The third-order valence-electron chi connectivity index (χ3n) is 18.2. The summed E-state index contributed by atoms with van der Waals surface area (Å²) in [6.45, 7) is 11.1. The minimum Gasteiger partial charge on any atom is -0.508 e. The number of nitrogens with zero attached hydrogens (tertiary/aromatic N) is 5.